The molecule has 0 radical (unpaired) electrons. The molecular weight excluding hydrogens is 236 g/mol. The number of nitrogens with one attached hydrogen (secondary N) is 1. The van der Waals surface area contributed by atoms with Crippen molar-refractivity contribution in [3.8, 4) is 0 Å². The standard InChI is InChI=1S/C9H14N2S2.ClH/c1-9(12-5-2-6-13-9)7-8-3-4-10-11-8;/h3-4H,2,5-7H2,1H3,(H,10,11);1H. The molecule has 1 aliphatic heterocycles. The van der Waals surface area contributed by atoms with Crippen molar-refractivity contribution in [2.45, 2.75) is 23.8 Å². The van der Waals surface area contributed by atoms with Gasteiger partial charge in [-0.05, 0) is 30.9 Å². The van der Waals surface area contributed by atoms with Crippen LogP contribution in [0.5, 0.6) is 0 Å². The largest absolute Gasteiger partial charge is 0.282 e. The van der Waals surface area contributed by atoms with Crippen molar-refractivity contribution in [2.24, 2.45) is 0 Å². The Kier molecular flexibility index (Phi) is 4.67. The Morgan fingerprint density at radius 1 is 1.50 bits per heavy atom. The number of hydrogen-bond acceptors (Lipinski definition) is 3. The molecule has 0 unspecified atom stereocenters. The lowest BCUT2D eigenvalue weighted by Crippen LogP contribution is -2.23. The van der Waals surface area contributed by atoms with Crippen molar-refractivity contribution >= 4 is 35.9 Å². The van der Waals surface area contributed by atoms with Crippen molar-refractivity contribution in [2.75, 3.05) is 11.5 Å². The van der Waals surface area contributed by atoms with Crippen LogP contribution in [0.3, 0.4) is 0 Å². The zero-order valence-corrected chi connectivity index (χ0v) is 10.6. The maximum absolute atomic E-state index is 3.98. The highest BCUT2D eigenvalue weighted by atomic mass is 35.5. The van der Waals surface area contributed by atoms with Crippen LogP contribution in [0.15, 0.2) is 12.3 Å². The smallest absolute Gasteiger partial charge is 0.0638 e. The fourth-order valence-electron chi connectivity index (χ4n) is 1.51. The molecule has 2 heterocycles. The Hall–Kier alpha value is 0.200. The summed E-state index contributed by atoms with van der Waals surface area (Å²) in [5.74, 6) is 2.61. The molecule has 1 aliphatic rings. The summed E-state index contributed by atoms with van der Waals surface area (Å²) < 4.78 is 0.366. The molecule has 0 amide bonds. The van der Waals surface area contributed by atoms with Crippen molar-refractivity contribution in [1.29, 1.82) is 0 Å². The van der Waals surface area contributed by atoms with Crippen molar-refractivity contribution < 1.29 is 0 Å². The molecule has 2 rings (SSSR count). The molecule has 5 heteroatoms. The van der Waals surface area contributed by atoms with Crippen LogP contribution < -0.4 is 0 Å². The molecule has 14 heavy (non-hydrogen) atoms. The molecule has 0 bridgehead atoms. The van der Waals surface area contributed by atoms with E-state index in [1.165, 1.54) is 23.6 Å². The van der Waals surface area contributed by atoms with Gasteiger partial charge in [-0.1, -0.05) is 0 Å². The van der Waals surface area contributed by atoms with Gasteiger partial charge in [0.2, 0.25) is 0 Å². The van der Waals surface area contributed by atoms with Gasteiger partial charge in [-0.15, -0.1) is 35.9 Å². The van der Waals surface area contributed by atoms with Crippen LogP contribution >= 0.6 is 35.9 Å². The highest BCUT2D eigenvalue weighted by molar-refractivity contribution is 8.18. The van der Waals surface area contributed by atoms with Gasteiger partial charge in [0.15, 0.2) is 0 Å². The Labute approximate surface area is 99.4 Å². The van der Waals surface area contributed by atoms with E-state index in [9.17, 15) is 0 Å². The third kappa shape index (κ3) is 3.11. The van der Waals surface area contributed by atoms with Crippen LogP contribution in [0.25, 0.3) is 0 Å². The average molecular weight is 251 g/mol. The number of thioether (sulfide) groups is 2. The van der Waals surface area contributed by atoms with Crippen molar-refractivity contribution in [3.63, 3.8) is 0 Å². The lowest BCUT2D eigenvalue weighted by Gasteiger charge is -2.31. The fourth-order valence-corrected chi connectivity index (χ4v) is 4.48. The molecule has 1 fully saturated rings. The molecule has 0 aliphatic carbocycles. The second kappa shape index (κ2) is 5.33. The topological polar surface area (TPSA) is 28.7 Å². The number of rotatable bonds is 2. The van der Waals surface area contributed by atoms with Gasteiger partial charge < -0.3 is 0 Å². The molecule has 1 N–H and O–H groups in total. The summed E-state index contributed by atoms with van der Waals surface area (Å²) in [6.45, 7) is 2.34. The minimum Gasteiger partial charge on any atom is -0.282 e. The molecule has 0 spiro atoms. The predicted octanol–water partition coefficient (Wildman–Crippen LogP) is 2.96. The minimum atomic E-state index is 0. The lowest BCUT2D eigenvalue weighted by atomic mass is 10.2. The number of halogens is 1. The van der Waals surface area contributed by atoms with Crippen molar-refractivity contribution in [1.82, 2.24) is 10.2 Å². The molecule has 80 valence electrons. The third-order valence-electron chi connectivity index (χ3n) is 2.17. The average Bonchev–Trinajstić information content (AvgIpc) is 2.57. The summed E-state index contributed by atoms with van der Waals surface area (Å²) in [5.41, 5.74) is 1.25. The van der Waals surface area contributed by atoms with Gasteiger partial charge in [0.05, 0.1) is 4.08 Å². The maximum Gasteiger partial charge on any atom is 0.0638 e. The van der Waals surface area contributed by atoms with Crippen LogP contribution in [-0.4, -0.2) is 25.8 Å². The summed E-state index contributed by atoms with van der Waals surface area (Å²) in [6, 6.07) is 2.07. The number of nitrogens with zero attached hydrogens (tertiary/aromatic N) is 1. The first-order valence-corrected chi connectivity index (χ1v) is 6.52. The van der Waals surface area contributed by atoms with E-state index in [2.05, 4.69) is 46.7 Å². The molecule has 2 nitrogen and oxygen atoms in total. The van der Waals surface area contributed by atoms with Crippen LogP contribution in [0.4, 0.5) is 0 Å². The SMILES string of the molecule is CC1(Cc2ccn[nH]2)SCCCS1.Cl. The normalized spacial score (nSPS) is 20.1. The first-order chi connectivity index (χ1) is 6.29. The first-order valence-electron chi connectivity index (χ1n) is 4.55. The second-order valence-electron chi connectivity index (χ2n) is 3.44. The molecular formula is C9H15ClN2S2. The van der Waals surface area contributed by atoms with Gasteiger partial charge >= 0.3 is 0 Å². The van der Waals surface area contributed by atoms with E-state index in [1.54, 1.807) is 0 Å². The molecule has 1 aromatic rings. The third-order valence-corrected chi connectivity index (χ3v) is 5.38. The van der Waals surface area contributed by atoms with Gasteiger partial charge in [0.25, 0.3) is 0 Å². The molecule has 0 atom stereocenters. The quantitative estimate of drug-likeness (QED) is 0.875. The van der Waals surface area contributed by atoms with Crippen LogP contribution in [-0.2, 0) is 6.42 Å². The second-order valence-corrected chi connectivity index (χ2v) is 6.90. The zero-order valence-electron chi connectivity index (χ0n) is 8.16. The molecule has 1 saturated heterocycles. The van der Waals surface area contributed by atoms with Crippen LogP contribution in [0.2, 0.25) is 0 Å². The van der Waals surface area contributed by atoms with E-state index in [0.717, 1.165) is 6.42 Å². The Morgan fingerprint density at radius 3 is 2.79 bits per heavy atom. The van der Waals surface area contributed by atoms with E-state index < -0.39 is 0 Å². The van der Waals surface area contributed by atoms with Gasteiger partial charge in [0, 0.05) is 18.3 Å². The summed E-state index contributed by atoms with van der Waals surface area (Å²) in [4.78, 5) is 0. The summed E-state index contributed by atoms with van der Waals surface area (Å²) in [5, 5.41) is 7.01. The van der Waals surface area contributed by atoms with Crippen LogP contribution in [0, 0.1) is 0 Å². The van der Waals surface area contributed by atoms with E-state index in [4.69, 9.17) is 0 Å². The first kappa shape index (κ1) is 12.3. The number of aromatic amines is 1. The fraction of sp³-hybridized carbons (Fsp3) is 0.667. The van der Waals surface area contributed by atoms with Crippen molar-refractivity contribution in [3.05, 3.63) is 18.0 Å². The van der Waals surface area contributed by atoms with E-state index in [1.807, 2.05) is 6.20 Å². The Bertz CT molecular complexity index is 258. The van der Waals surface area contributed by atoms with E-state index in [-0.39, 0.29) is 12.4 Å². The maximum atomic E-state index is 3.98. The van der Waals surface area contributed by atoms with Gasteiger partial charge in [-0.3, -0.25) is 5.10 Å². The molecule has 1 aromatic heterocycles. The zero-order chi connectivity index (χ0) is 9.15. The predicted molar refractivity (Wildman–Crippen MR) is 67.5 cm³/mol. The number of aromatic nitrogens is 2. The van der Waals surface area contributed by atoms with Gasteiger partial charge in [0.1, 0.15) is 0 Å². The van der Waals surface area contributed by atoms with Crippen LogP contribution in [0.1, 0.15) is 19.0 Å². The minimum absolute atomic E-state index is 0. The lowest BCUT2D eigenvalue weighted by molar-refractivity contribution is 0.825. The summed E-state index contributed by atoms with van der Waals surface area (Å²) >= 11 is 4.16. The highest BCUT2D eigenvalue weighted by Gasteiger charge is 2.28. The van der Waals surface area contributed by atoms with E-state index in [0.29, 0.717) is 4.08 Å². The monoisotopic (exact) mass is 250 g/mol. The summed E-state index contributed by atoms with van der Waals surface area (Å²) in [7, 11) is 0. The Morgan fingerprint density at radius 2 is 2.21 bits per heavy atom. The summed E-state index contributed by atoms with van der Waals surface area (Å²) in [6.07, 6.45) is 4.28. The number of H-pyrrole nitrogens is 1. The van der Waals surface area contributed by atoms with E-state index >= 15 is 0 Å². The van der Waals surface area contributed by atoms with Gasteiger partial charge in [-0.2, -0.15) is 5.10 Å². The Balaban J connectivity index is 0.000000980. The number of hydrogen-bond donors (Lipinski definition) is 1. The van der Waals surface area contributed by atoms with Gasteiger partial charge in [-0.25, -0.2) is 0 Å². The highest BCUT2D eigenvalue weighted by Crippen LogP contribution is 2.43. The molecule has 0 saturated carbocycles. The molecule has 0 aromatic carbocycles.